The van der Waals surface area contributed by atoms with Crippen molar-refractivity contribution in [3.63, 3.8) is 0 Å². The van der Waals surface area contributed by atoms with Gasteiger partial charge < -0.3 is 4.52 Å². The van der Waals surface area contributed by atoms with Crippen LogP contribution in [-0.4, -0.2) is 22.9 Å². The first kappa shape index (κ1) is 17.3. The minimum Gasteiger partial charge on any atom is -0.339 e. The number of hydrogen-bond donors (Lipinski definition) is 1. The molecule has 0 bridgehead atoms. The van der Waals surface area contributed by atoms with Crippen LogP contribution in [-0.2, 0) is 10.0 Å². The van der Waals surface area contributed by atoms with Crippen molar-refractivity contribution in [3.8, 4) is 0 Å². The van der Waals surface area contributed by atoms with Gasteiger partial charge in [0.25, 0.3) is 0 Å². The van der Waals surface area contributed by atoms with Crippen molar-refractivity contribution in [2.24, 2.45) is 5.14 Å². The fraction of sp³-hybridized carbons (Fsp3) is 0.500. The van der Waals surface area contributed by atoms with E-state index < -0.39 is 14.4 Å². The Hall–Kier alpha value is -1.15. The predicted octanol–water partition coefficient (Wildman–Crippen LogP) is 3.43. The Kier molecular flexibility index (Phi) is 4.11. The maximum atomic E-state index is 11.4. The second-order valence-corrected chi connectivity index (χ2v) is 9.72. The molecule has 2 atom stereocenters. The maximum Gasteiger partial charge on any atom is 0.238 e. The number of sulfonamides is 1. The summed E-state index contributed by atoms with van der Waals surface area (Å²) in [6.45, 7) is 0. The SMILES string of the molecule is NS(=O)(=O)c1ccc(C2C(c3nc(C4CCCC4)no3)C2(Cl)Cl)cc1. The van der Waals surface area contributed by atoms with Crippen LogP contribution in [0.2, 0.25) is 0 Å². The summed E-state index contributed by atoms with van der Waals surface area (Å²) in [4.78, 5) is 4.57. The Morgan fingerprint density at radius 2 is 1.76 bits per heavy atom. The smallest absolute Gasteiger partial charge is 0.238 e. The molecule has 25 heavy (non-hydrogen) atoms. The van der Waals surface area contributed by atoms with Crippen molar-refractivity contribution in [2.75, 3.05) is 0 Å². The van der Waals surface area contributed by atoms with Crippen LogP contribution in [0.3, 0.4) is 0 Å². The van der Waals surface area contributed by atoms with E-state index in [4.69, 9.17) is 32.9 Å². The van der Waals surface area contributed by atoms with Gasteiger partial charge in [0.1, 0.15) is 4.33 Å². The van der Waals surface area contributed by atoms with Gasteiger partial charge in [-0.05, 0) is 30.5 Å². The highest BCUT2D eigenvalue weighted by Crippen LogP contribution is 2.69. The van der Waals surface area contributed by atoms with Gasteiger partial charge in [0.05, 0.1) is 10.8 Å². The largest absolute Gasteiger partial charge is 0.339 e. The van der Waals surface area contributed by atoms with Gasteiger partial charge in [0.15, 0.2) is 5.82 Å². The summed E-state index contributed by atoms with van der Waals surface area (Å²) in [6, 6.07) is 6.22. The van der Waals surface area contributed by atoms with E-state index >= 15 is 0 Å². The first-order chi connectivity index (χ1) is 11.8. The molecule has 0 saturated heterocycles. The predicted molar refractivity (Wildman–Crippen MR) is 93.2 cm³/mol. The van der Waals surface area contributed by atoms with Gasteiger partial charge in [0.2, 0.25) is 15.9 Å². The molecule has 0 spiro atoms. The molecule has 2 N–H and O–H groups in total. The molecule has 134 valence electrons. The number of nitrogens with two attached hydrogens (primary N) is 1. The minimum absolute atomic E-state index is 0.0458. The van der Waals surface area contributed by atoms with Crippen LogP contribution in [0.5, 0.6) is 0 Å². The molecule has 1 heterocycles. The average Bonchev–Trinajstić information content (AvgIpc) is 3.03. The highest BCUT2D eigenvalue weighted by Gasteiger charge is 2.67. The number of benzene rings is 1. The number of aromatic nitrogens is 2. The van der Waals surface area contributed by atoms with Gasteiger partial charge in [-0.3, -0.25) is 0 Å². The zero-order valence-electron chi connectivity index (χ0n) is 13.2. The molecule has 2 aliphatic rings. The summed E-state index contributed by atoms with van der Waals surface area (Å²) in [7, 11) is -3.73. The highest BCUT2D eigenvalue weighted by molar-refractivity contribution is 7.89. The van der Waals surface area contributed by atoms with Gasteiger partial charge in [-0.1, -0.05) is 30.1 Å². The van der Waals surface area contributed by atoms with E-state index in [9.17, 15) is 8.42 Å². The van der Waals surface area contributed by atoms with Crippen molar-refractivity contribution in [2.45, 2.75) is 52.7 Å². The maximum absolute atomic E-state index is 11.4. The molecule has 1 aromatic heterocycles. The molecule has 6 nitrogen and oxygen atoms in total. The lowest BCUT2D eigenvalue weighted by Crippen LogP contribution is -2.11. The summed E-state index contributed by atoms with van der Waals surface area (Å²) in [5.74, 6) is 0.976. The summed E-state index contributed by atoms with van der Waals surface area (Å²) in [5, 5.41) is 9.22. The summed E-state index contributed by atoms with van der Waals surface area (Å²) in [6.07, 6.45) is 4.53. The van der Waals surface area contributed by atoms with Gasteiger partial charge in [-0.15, -0.1) is 23.2 Å². The molecule has 4 rings (SSSR count). The van der Waals surface area contributed by atoms with E-state index in [0.717, 1.165) is 24.2 Å². The van der Waals surface area contributed by atoms with E-state index in [1.165, 1.54) is 25.0 Å². The normalized spacial score (nSPS) is 26.0. The van der Waals surface area contributed by atoms with Gasteiger partial charge in [-0.25, -0.2) is 13.6 Å². The molecule has 0 amide bonds. The molecule has 2 aliphatic carbocycles. The molecule has 0 radical (unpaired) electrons. The molecule has 2 aromatic rings. The first-order valence-electron chi connectivity index (χ1n) is 8.12. The van der Waals surface area contributed by atoms with Crippen molar-refractivity contribution >= 4 is 33.2 Å². The van der Waals surface area contributed by atoms with Crippen LogP contribution in [0.4, 0.5) is 0 Å². The van der Waals surface area contributed by atoms with Crippen molar-refractivity contribution < 1.29 is 12.9 Å². The van der Waals surface area contributed by atoms with E-state index in [2.05, 4.69) is 10.1 Å². The van der Waals surface area contributed by atoms with Gasteiger partial charge >= 0.3 is 0 Å². The second-order valence-electron chi connectivity index (χ2n) is 6.72. The van der Waals surface area contributed by atoms with E-state index in [0.29, 0.717) is 11.8 Å². The number of halogens is 2. The zero-order chi connectivity index (χ0) is 17.8. The second kappa shape index (κ2) is 5.94. The van der Waals surface area contributed by atoms with Crippen molar-refractivity contribution in [1.29, 1.82) is 0 Å². The van der Waals surface area contributed by atoms with Crippen LogP contribution in [0, 0.1) is 0 Å². The topological polar surface area (TPSA) is 99.1 Å². The molecule has 2 saturated carbocycles. The number of nitrogens with zero attached hydrogens (tertiary/aromatic N) is 2. The third-order valence-corrected chi connectivity index (χ3v) is 6.93. The van der Waals surface area contributed by atoms with Crippen molar-refractivity contribution in [3.05, 3.63) is 41.5 Å². The Morgan fingerprint density at radius 1 is 1.12 bits per heavy atom. The number of alkyl halides is 2. The quantitative estimate of drug-likeness (QED) is 0.790. The lowest BCUT2D eigenvalue weighted by Gasteiger charge is -2.02. The monoisotopic (exact) mass is 401 g/mol. The average molecular weight is 402 g/mol. The Bertz CT molecular complexity index is 890. The highest BCUT2D eigenvalue weighted by atomic mass is 35.5. The van der Waals surface area contributed by atoms with E-state index in [1.807, 2.05) is 0 Å². The Labute approximate surface area is 155 Å². The third kappa shape index (κ3) is 3.07. The molecule has 2 unspecified atom stereocenters. The summed E-state index contributed by atoms with van der Waals surface area (Å²) >= 11 is 12.9. The molecule has 1 aromatic carbocycles. The van der Waals surface area contributed by atoms with Crippen molar-refractivity contribution in [1.82, 2.24) is 10.1 Å². The first-order valence-corrected chi connectivity index (χ1v) is 10.4. The molecular weight excluding hydrogens is 385 g/mol. The summed E-state index contributed by atoms with van der Waals surface area (Å²) < 4.78 is 27.1. The standard InChI is InChI=1S/C16H17Cl2N3O3S/c17-16(18)12(9-5-7-11(8-6-9)25(19,22)23)13(16)15-20-14(21-24-15)10-3-1-2-4-10/h5-8,10,12-13H,1-4H2,(H2,19,22,23). The molecule has 9 heteroatoms. The third-order valence-electron chi connectivity index (χ3n) is 5.07. The van der Waals surface area contributed by atoms with Gasteiger partial charge in [0, 0.05) is 11.8 Å². The summed E-state index contributed by atoms with van der Waals surface area (Å²) in [5.41, 5.74) is 0.808. The van der Waals surface area contributed by atoms with Gasteiger partial charge in [-0.2, -0.15) is 4.98 Å². The fourth-order valence-corrected chi connectivity index (χ4v) is 4.97. The Balaban J connectivity index is 1.57. The van der Waals surface area contributed by atoms with Crippen LogP contribution in [0.1, 0.15) is 60.7 Å². The van der Waals surface area contributed by atoms with Crippen LogP contribution in [0.15, 0.2) is 33.7 Å². The molecule has 0 aliphatic heterocycles. The van der Waals surface area contributed by atoms with E-state index in [1.54, 1.807) is 12.1 Å². The Morgan fingerprint density at radius 3 is 2.36 bits per heavy atom. The lowest BCUT2D eigenvalue weighted by molar-refractivity contribution is 0.369. The molecular formula is C16H17Cl2N3O3S. The fourth-order valence-electron chi connectivity index (χ4n) is 3.64. The minimum atomic E-state index is -3.73. The number of hydrogen-bond acceptors (Lipinski definition) is 5. The zero-order valence-corrected chi connectivity index (χ0v) is 15.6. The van der Waals surface area contributed by atoms with Crippen LogP contribution in [0.25, 0.3) is 0 Å². The lowest BCUT2D eigenvalue weighted by atomic mass is 10.1. The van der Waals surface area contributed by atoms with Crippen LogP contribution < -0.4 is 5.14 Å². The van der Waals surface area contributed by atoms with Crippen LogP contribution >= 0.6 is 23.2 Å². The number of rotatable bonds is 4. The van der Waals surface area contributed by atoms with E-state index in [-0.39, 0.29) is 16.7 Å². The molecule has 2 fully saturated rings. The number of primary sulfonamides is 1.